The molecule has 7 heteroatoms. The average Bonchev–Trinajstić information content (AvgIpc) is 2.85. The number of hydrogen-bond donors (Lipinski definition) is 1. The van der Waals surface area contributed by atoms with Crippen molar-refractivity contribution in [2.75, 3.05) is 13.1 Å². The molecule has 0 spiro atoms. The van der Waals surface area contributed by atoms with E-state index in [4.69, 9.17) is 0 Å². The zero-order valence-electron chi connectivity index (χ0n) is 20.9. The third kappa shape index (κ3) is 6.80. The third-order valence-electron chi connectivity index (χ3n) is 7.29. The maximum absolute atomic E-state index is 13.4. The second-order valence-electron chi connectivity index (χ2n) is 10.2. The number of nitrogens with zero attached hydrogens (tertiary/aromatic N) is 3. The van der Waals surface area contributed by atoms with Crippen LogP contribution in [-0.2, 0) is 13.0 Å². The summed E-state index contributed by atoms with van der Waals surface area (Å²) >= 11 is 0. The molecule has 1 atom stereocenters. The number of amides is 2. The van der Waals surface area contributed by atoms with Crippen molar-refractivity contribution in [1.82, 2.24) is 19.8 Å². The summed E-state index contributed by atoms with van der Waals surface area (Å²) in [4.78, 5) is 46.3. The van der Waals surface area contributed by atoms with Crippen LogP contribution < -0.4 is 10.7 Å². The maximum atomic E-state index is 13.4. The molecule has 0 radical (unpaired) electrons. The van der Waals surface area contributed by atoms with Crippen LogP contribution in [0.15, 0.2) is 41.6 Å². The van der Waals surface area contributed by atoms with Gasteiger partial charge in [0.05, 0.1) is 0 Å². The summed E-state index contributed by atoms with van der Waals surface area (Å²) in [5.74, 6) is -0.229. The van der Waals surface area contributed by atoms with Gasteiger partial charge in [-0.25, -0.2) is 0 Å². The van der Waals surface area contributed by atoms with Crippen LogP contribution in [-0.4, -0.2) is 45.4 Å². The van der Waals surface area contributed by atoms with Crippen molar-refractivity contribution < 1.29 is 9.59 Å². The van der Waals surface area contributed by atoms with Crippen molar-refractivity contribution in [2.45, 2.75) is 83.7 Å². The van der Waals surface area contributed by atoms with Crippen LogP contribution in [0.2, 0.25) is 0 Å². The molecule has 1 aliphatic heterocycles. The first-order valence-corrected chi connectivity index (χ1v) is 13.3. The monoisotopic (exact) mass is 478 g/mol. The molecule has 1 saturated carbocycles. The summed E-state index contributed by atoms with van der Waals surface area (Å²) < 4.78 is 1.81. The van der Waals surface area contributed by atoms with Gasteiger partial charge in [0, 0.05) is 56.4 Å². The molecule has 2 aromatic rings. The van der Waals surface area contributed by atoms with Crippen LogP contribution in [0.25, 0.3) is 0 Å². The topological polar surface area (TPSA) is 84.3 Å². The standard InChI is InChI=1S/C28H38N4O3/c1-21-10-9-16-32(18-21)28(35)25-20-31(17-14-22-11-7-8-15-29-22)19-24(26(25)33)27(34)30-23-12-5-3-2-4-6-13-23/h7-8,11,15,19-21,23H,2-6,9-10,12-14,16-18H2,1H3,(H,30,34). The quantitative estimate of drug-likeness (QED) is 0.674. The summed E-state index contributed by atoms with van der Waals surface area (Å²) in [6.07, 6.45) is 15.3. The van der Waals surface area contributed by atoms with Gasteiger partial charge in [-0.15, -0.1) is 0 Å². The second kappa shape index (κ2) is 12.1. The highest BCUT2D eigenvalue weighted by molar-refractivity contribution is 5.99. The summed E-state index contributed by atoms with van der Waals surface area (Å²) in [5, 5.41) is 3.11. The molecule has 2 aliphatic rings. The molecule has 1 unspecified atom stereocenters. The molecule has 2 fully saturated rings. The predicted octanol–water partition coefficient (Wildman–Crippen LogP) is 4.20. The van der Waals surface area contributed by atoms with Crippen LogP contribution in [0.3, 0.4) is 0 Å². The van der Waals surface area contributed by atoms with Crippen LogP contribution in [0.4, 0.5) is 0 Å². The van der Waals surface area contributed by atoms with Gasteiger partial charge in [0.1, 0.15) is 11.1 Å². The van der Waals surface area contributed by atoms with E-state index in [-0.39, 0.29) is 29.0 Å². The number of hydrogen-bond acceptors (Lipinski definition) is 4. The van der Waals surface area contributed by atoms with E-state index in [1.54, 1.807) is 23.5 Å². The molecule has 1 N–H and O–H groups in total. The summed E-state index contributed by atoms with van der Waals surface area (Å²) in [6, 6.07) is 5.84. The first-order valence-electron chi connectivity index (χ1n) is 13.3. The van der Waals surface area contributed by atoms with Crippen molar-refractivity contribution in [2.24, 2.45) is 5.92 Å². The summed E-state index contributed by atoms with van der Waals surface area (Å²) in [7, 11) is 0. The van der Waals surface area contributed by atoms with Crippen LogP contribution in [0.1, 0.15) is 91.1 Å². The second-order valence-corrected chi connectivity index (χ2v) is 10.2. The lowest BCUT2D eigenvalue weighted by molar-refractivity contribution is 0.0680. The van der Waals surface area contributed by atoms with E-state index in [1.807, 2.05) is 22.8 Å². The first-order chi connectivity index (χ1) is 17.0. The number of piperidine rings is 1. The Balaban J connectivity index is 1.60. The fourth-order valence-electron chi connectivity index (χ4n) is 5.27. The number of likely N-dealkylation sites (tertiary alicyclic amines) is 1. The molecule has 0 bridgehead atoms. The van der Waals surface area contributed by atoms with Crippen molar-refractivity contribution >= 4 is 11.8 Å². The molecule has 1 aliphatic carbocycles. The van der Waals surface area contributed by atoms with Crippen molar-refractivity contribution in [3.8, 4) is 0 Å². The number of rotatable bonds is 6. The number of aryl methyl sites for hydroxylation is 2. The molecular weight excluding hydrogens is 440 g/mol. The lowest BCUT2D eigenvalue weighted by atomic mass is 9.96. The maximum Gasteiger partial charge on any atom is 0.259 e. The van der Waals surface area contributed by atoms with Gasteiger partial charge in [0.25, 0.3) is 11.8 Å². The molecule has 7 nitrogen and oxygen atoms in total. The number of carbonyl (C=O) groups is 2. The Morgan fingerprint density at radius 1 is 1.00 bits per heavy atom. The number of nitrogens with one attached hydrogen (secondary N) is 1. The Morgan fingerprint density at radius 2 is 1.74 bits per heavy atom. The molecule has 1 saturated heterocycles. The fourth-order valence-corrected chi connectivity index (χ4v) is 5.27. The van der Waals surface area contributed by atoms with E-state index in [0.717, 1.165) is 44.2 Å². The van der Waals surface area contributed by atoms with Gasteiger partial charge in [0.2, 0.25) is 5.43 Å². The van der Waals surface area contributed by atoms with E-state index in [2.05, 4.69) is 17.2 Å². The SMILES string of the molecule is CC1CCCN(C(=O)c2cn(CCc3ccccn3)cc(C(=O)NC3CCCCCCC3)c2=O)C1. The Morgan fingerprint density at radius 3 is 2.46 bits per heavy atom. The molecule has 35 heavy (non-hydrogen) atoms. The largest absolute Gasteiger partial charge is 0.352 e. The van der Waals surface area contributed by atoms with E-state index in [1.165, 1.54) is 19.3 Å². The first kappa shape index (κ1) is 25.1. The highest BCUT2D eigenvalue weighted by atomic mass is 16.2. The fraction of sp³-hybridized carbons (Fsp3) is 0.571. The molecule has 3 heterocycles. The lowest BCUT2D eigenvalue weighted by Crippen LogP contribution is -2.43. The van der Waals surface area contributed by atoms with Crippen molar-refractivity contribution in [3.05, 3.63) is 63.8 Å². The normalized spacial score (nSPS) is 19.6. The van der Waals surface area contributed by atoms with Crippen LogP contribution in [0, 0.1) is 5.92 Å². The molecule has 2 amide bonds. The van der Waals surface area contributed by atoms with E-state index in [0.29, 0.717) is 32.0 Å². The summed E-state index contributed by atoms with van der Waals surface area (Å²) in [5.41, 5.74) is 0.601. The predicted molar refractivity (Wildman–Crippen MR) is 137 cm³/mol. The molecule has 4 rings (SSSR count). The summed E-state index contributed by atoms with van der Waals surface area (Å²) in [6.45, 7) is 3.95. The van der Waals surface area contributed by atoms with Gasteiger partial charge in [-0.2, -0.15) is 0 Å². The number of carbonyl (C=O) groups excluding carboxylic acids is 2. The van der Waals surface area contributed by atoms with Gasteiger partial charge >= 0.3 is 0 Å². The zero-order valence-corrected chi connectivity index (χ0v) is 20.9. The van der Waals surface area contributed by atoms with Crippen LogP contribution >= 0.6 is 0 Å². The Kier molecular flexibility index (Phi) is 8.72. The third-order valence-corrected chi connectivity index (χ3v) is 7.29. The minimum atomic E-state index is -0.467. The highest BCUT2D eigenvalue weighted by Gasteiger charge is 2.27. The van der Waals surface area contributed by atoms with Gasteiger partial charge in [-0.3, -0.25) is 19.4 Å². The molecule has 2 aromatic heterocycles. The van der Waals surface area contributed by atoms with Gasteiger partial charge in [-0.1, -0.05) is 45.1 Å². The minimum absolute atomic E-state index is 0.0592. The zero-order chi connectivity index (χ0) is 24.6. The number of aromatic nitrogens is 2. The van der Waals surface area contributed by atoms with E-state index >= 15 is 0 Å². The van der Waals surface area contributed by atoms with Gasteiger partial charge in [-0.05, 0) is 43.7 Å². The van der Waals surface area contributed by atoms with Gasteiger partial charge in [0.15, 0.2) is 0 Å². The molecular formula is C28H38N4O3. The van der Waals surface area contributed by atoms with E-state index < -0.39 is 5.43 Å². The van der Waals surface area contributed by atoms with Crippen molar-refractivity contribution in [1.29, 1.82) is 0 Å². The highest BCUT2D eigenvalue weighted by Crippen LogP contribution is 2.19. The lowest BCUT2D eigenvalue weighted by Gasteiger charge is -2.31. The Labute approximate surface area is 207 Å². The van der Waals surface area contributed by atoms with Crippen molar-refractivity contribution in [3.63, 3.8) is 0 Å². The Hall–Kier alpha value is -2.96. The average molecular weight is 479 g/mol. The minimum Gasteiger partial charge on any atom is -0.352 e. The van der Waals surface area contributed by atoms with E-state index in [9.17, 15) is 14.4 Å². The molecule has 188 valence electrons. The number of pyridine rings is 2. The smallest absolute Gasteiger partial charge is 0.259 e. The Bertz CT molecular complexity index is 1060. The van der Waals surface area contributed by atoms with Gasteiger partial charge < -0.3 is 14.8 Å². The molecule has 0 aromatic carbocycles. The van der Waals surface area contributed by atoms with Crippen LogP contribution in [0.5, 0.6) is 0 Å².